The number of hydrogen-bond donors (Lipinski definition) is 1. The van der Waals surface area contributed by atoms with Crippen molar-refractivity contribution >= 4 is 27.5 Å². The van der Waals surface area contributed by atoms with Gasteiger partial charge in [0.2, 0.25) is 21.8 Å². The van der Waals surface area contributed by atoms with E-state index in [0.29, 0.717) is 37.5 Å². The number of anilines is 1. The van der Waals surface area contributed by atoms with E-state index in [0.717, 1.165) is 5.56 Å². The maximum absolute atomic E-state index is 12.7. The van der Waals surface area contributed by atoms with E-state index in [2.05, 4.69) is 11.2 Å². The summed E-state index contributed by atoms with van der Waals surface area (Å²) in [4.78, 5) is 26.9. The number of nitrogens with zero attached hydrogens (tertiary/aromatic N) is 2. The lowest BCUT2D eigenvalue weighted by Crippen LogP contribution is -2.34. The fourth-order valence-electron chi connectivity index (χ4n) is 4.00. The van der Waals surface area contributed by atoms with Gasteiger partial charge in [0.25, 0.3) is 0 Å². The lowest BCUT2D eigenvalue weighted by atomic mass is 10.1. The van der Waals surface area contributed by atoms with E-state index in [1.165, 1.54) is 21.3 Å². The monoisotopic (exact) mass is 497 g/mol. The van der Waals surface area contributed by atoms with Gasteiger partial charge in [-0.2, -0.15) is 4.31 Å². The number of hydrogen-bond acceptors (Lipinski definition) is 5. The maximum Gasteiger partial charge on any atom is 0.243 e. The smallest absolute Gasteiger partial charge is 0.243 e. The molecule has 0 aromatic heterocycles. The number of nitrogens with one attached hydrogen (secondary N) is 1. The molecule has 1 aliphatic heterocycles. The Morgan fingerprint density at radius 1 is 1.14 bits per heavy atom. The molecule has 1 saturated heterocycles. The first-order chi connectivity index (χ1) is 16.8. The van der Waals surface area contributed by atoms with Crippen LogP contribution in [0.25, 0.3) is 0 Å². The van der Waals surface area contributed by atoms with Gasteiger partial charge in [-0.15, -0.1) is 6.42 Å². The summed E-state index contributed by atoms with van der Waals surface area (Å²) >= 11 is 0. The Morgan fingerprint density at radius 2 is 1.80 bits per heavy atom. The molecule has 0 bridgehead atoms. The van der Waals surface area contributed by atoms with Gasteiger partial charge >= 0.3 is 0 Å². The highest BCUT2D eigenvalue weighted by molar-refractivity contribution is 7.89. The van der Waals surface area contributed by atoms with Crippen LogP contribution in [0.1, 0.15) is 25.8 Å². The fourth-order valence-corrected chi connectivity index (χ4v) is 5.45. The van der Waals surface area contributed by atoms with Crippen LogP contribution in [-0.4, -0.2) is 57.3 Å². The first-order valence-corrected chi connectivity index (χ1v) is 13.1. The summed E-state index contributed by atoms with van der Waals surface area (Å²) < 4.78 is 32.1. The Balaban J connectivity index is 1.54. The predicted octanol–water partition coefficient (Wildman–Crippen LogP) is 2.44. The van der Waals surface area contributed by atoms with Gasteiger partial charge in [0, 0.05) is 38.3 Å². The summed E-state index contributed by atoms with van der Waals surface area (Å²) in [5.41, 5.74) is 1.62. The van der Waals surface area contributed by atoms with E-state index >= 15 is 0 Å². The second kappa shape index (κ2) is 11.9. The molecule has 8 nitrogen and oxygen atoms in total. The van der Waals surface area contributed by atoms with E-state index < -0.39 is 15.9 Å². The molecule has 2 amide bonds. The van der Waals surface area contributed by atoms with Gasteiger partial charge in [0.1, 0.15) is 12.4 Å². The van der Waals surface area contributed by atoms with Crippen molar-refractivity contribution in [3.8, 4) is 18.1 Å². The summed E-state index contributed by atoms with van der Waals surface area (Å²) in [7, 11) is -3.57. The third kappa shape index (κ3) is 6.41. The molecule has 2 aromatic rings. The third-order valence-corrected chi connectivity index (χ3v) is 8.01. The molecule has 186 valence electrons. The minimum atomic E-state index is -3.57. The van der Waals surface area contributed by atoms with Crippen LogP contribution >= 0.6 is 0 Å². The summed E-state index contributed by atoms with van der Waals surface area (Å²) in [6.45, 7) is 5.27. The number of rotatable bonds is 11. The summed E-state index contributed by atoms with van der Waals surface area (Å²) in [6, 6.07) is 13.8. The van der Waals surface area contributed by atoms with Crippen molar-refractivity contribution in [2.75, 3.05) is 37.7 Å². The molecule has 0 aliphatic carbocycles. The van der Waals surface area contributed by atoms with Crippen molar-refractivity contribution in [3.05, 3.63) is 54.1 Å². The van der Waals surface area contributed by atoms with Gasteiger partial charge in [0.05, 0.1) is 10.8 Å². The number of carbonyl (C=O) groups excluding carboxylic acids is 2. The Morgan fingerprint density at radius 3 is 2.40 bits per heavy atom. The molecule has 0 radical (unpaired) electrons. The minimum Gasteiger partial charge on any atom is -0.481 e. The predicted molar refractivity (Wildman–Crippen MR) is 134 cm³/mol. The Labute approximate surface area is 207 Å². The lowest BCUT2D eigenvalue weighted by Gasteiger charge is -2.20. The van der Waals surface area contributed by atoms with Gasteiger partial charge in [-0.3, -0.25) is 9.59 Å². The highest BCUT2D eigenvalue weighted by Gasteiger charge is 2.35. The maximum atomic E-state index is 12.7. The molecule has 9 heteroatoms. The molecular formula is C26H31N3O5S. The lowest BCUT2D eigenvalue weighted by molar-refractivity contribution is -0.126. The molecule has 1 aliphatic rings. The molecule has 2 aromatic carbocycles. The van der Waals surface area contributed by atoms with Crippen molar-refractivity contribution in [1.82, 2.24) is 9.62 Å². The average Bonchev–Trinajstić information content (AvgIpc) is 3.26. The average molecular weight is 498 g/mol. The highest BCUT2D eigenvalue weighted by Crippen LogP contribution is 2.27. The molecule has 1 unspecified atom stereocenters. The van der Waals surface area contributed by atoms with Gasteiger partial charge in [-0.25, -0.2) is 8.42 Å². The zero-order valence-electron chi connectivity index (χ0n) is 20.1. The van der Waals surface area contributed by atoms with Crippen molar-refractivity contribution in [2.45, 2.75) is 31.6 Å². The minimum absolute atomic E-state index is 0.118. The van der Waals surface area contributed by atoms with Crippen LogP contribution in [0.2, 0.25) is 0 Å². The second-order valence-corrected chi connectivity index (χ2v) is 10.1. The topological polar surface area (TPSA) is 96.0 Å². The number of terminal acetylenes is 1. The van der Waals surface area contributed by atoms with E-state index in [-0.39, 0.29) is 36.3 Å². The number of amides is 2. The number of ether oxygens (including phenoxy) is 1. The standard InChI is InChI=1S/C26H31N3O5S/c1-4-17-34-23-11-7-20(8-12-23)15-16-27-26(31)21-18-25(30)29(19-21)22-9-13-24(14-10-22)35(32,33)28(5-2)6-3/h1,7-14,21H,5-6,15-19H2,2-3H3,(H,27,31). The second-order valence-electron chi connectivity index (χ2n) is 8.17. The van der Waals surface area contributed by atoms with E-state index in [1.54, 1.807) is 26.0 Å². The van der Waals surface area contributed by atoms with Gasteiger partial charge < -0.3 is 15.0 Å². The first kappa shape index (κ1) is 26.3. The van der Waals surface area contributed by atoms with Crippen molar-refractivity contribution < 1.29 is 22.7 Å². The molecule has 0 saturated carbocycles. The third-order valence-electron chi connectivity index (χ3n) is 5.95. The number of sulfonamides is 1. The zero-order chi connectivity index (χ0) is 25.4. The summed E-state index contributed by atoms with van der Waals surface area (Å²) in [5, 5.41) is 2.91. The van der Waals surface area contributed by atoms with Crippen LogP contribution in [0.15, 0.2) is 53.4 Å². The van der Waals surface area contributed by atoms with Crippen LogP contribution in [0.3, 0.4) is 0 Å². The van der Waals surface area contributed by atoms with Crippen LogP contribution in [0.5, 0.6) is 5.75 Å². The molecule has 1 fully saturated rings. The number of carbonyl (C=O) groups is 2. The SMILES string of the molecule is C#CCOc1ccc(CCNC(=O)C2CC(=O)N(c3ccc(S(=O)(=O)N(CC)CC)cc3)C2)cc1. The Hall–Kier alpha value is -3.35. The summed E-state index contributed by atoms with van der Waals surface area (Å²) in [6.07, 6.45) is 5.94. The highest BCUT2D eigenvalue weighted by atomic mass is 32.2. The van der Waals surface area contributed by atoms with Crippen LogP contribution in [0.4, 0.5) is 5.69 Å². The molecular weight excluding hydrogens is 466 g/mol. The largest absolute Gasteiger partial charge is 0.481 e. The zero-order valence-corrected chi connectivity index (χ0v) is 20.9. The van der Waals surface area contributed by atoms with Crippen molar-refractivity contribution in [2.24, 2.45) is 5.92 Å². The fraction of sp³-hybridized carbons (Fsp3) is 0.385. The molecule has 35 heavy (non-hydrogen) atoms. The molecule has 1 heterocycles. The van der Waals surface area contributed by atoms with Gasteiger partial charge in [-0.1, -0.05) is 31.9 Å². The Kier molecular flexibility index (Phi) is 8.90. The molecule has 0 spiro atoms. The Bertz CT molecular complexity index is 1170. The van der Waals surface area contributed by atoms with Crippen LogP contribution < -0.4 is 15.0 Å². The van der Waals surface area contributed by atoms with Crippen molar-refractivity contribution in [1.29, 1.82) is 0 Å². The first-order valence-electron chi connectivity index (χ1n) is 11.6. The van der Waals surface area contributed by atoms with Gasteiger partial charge in [0.15, 0.2) is 0 Å². The molecule has 1 atom stereocenters. The van der Waals surface area contributed by atoms with E-state index in [4.69, 9.17) is 11.2 Å². The molecule has 3 rings (SSSR count). The van der Waals surface area contributed by atoms with Gasteiger partial charge in [-0.05, 0) is 48.4 Å². The van der Waals surface area contributed by atoms with Crippen molar-refractivity contribution in [3.63, 3.8) is 0 Å². The molecule has 1 N–H and O–H groups in total. The van der Waals surface area contributed by atoms with E-state index in [9.17, 15) is 18.0 Å². The number of benzene rings is 2. The normalized spacial score (nSPS) is 15.8. The van der Waals surface area contributed by atoms with E-state index in [1.807, 2.05) is 24.3 Å². The quantitative estimate of drug-likeness (QED) is 0.481. The van der Waals surface area contributed by atoms with Crippen LogP contribution in [0, 0.1) is 18.3 Å². The van der Waals surface area contributed by atoms with Crippen LogP contribution in [-0.2, 0) is 26.0 Å². The summed E-state index contributed by atoms with van der Waals surface area (Å²) in [5.74, 6) is 2.32.